The van der Waals surface area contributed by atoms with Gasteiger partial charge in [-0.15, -0.1) is 0 Å². The lowest BCUT2D eigenvalue weighted by Gasteiger charge is -2.20. The van der Waals surface area contributed by atoms with E-state index in [-0.39, 0.29) is 0 Å². The van der Waals surface area contributed by atoms with Crippen LogP contribution in [0.25, 0.3) is 11.4 Å². The third-order valence-corrected chi connectivity index (χ3v) is 23.5. The van der Waals surface area contributed by atoms with Crippen molar-refractivity contribution >= 4 is 23.3 Å². The van der Waals surface area contributed by atoms with Crippen molar-refractivity contribution in [3.05, 3.63) is 94.4 Å². The summed E-state index contributed by atoms with van der Waals surface area (Å²) in [5.41, 5.74) is 13.9. The normalized spacial score (nSPS) is 11.6. The van der Waals surface area contributed by atoms with Crippen molar-refractivity contribution in [3.8, 4) is 11.4 Å². The van der Waals surface area contributed by atoms with Gasteiger partial charge in [-0.1, -0.05) is 451 Å². The van der Waals surface area contributed by atoms with Gasteiger partial charge in [0.05, 0.1) is 0 Å². The smallest absolute Gasteiger partial charge is 0.232 e. The van der Waals surface area contributed by atoms with E-state index in [1.54, 1.807) is 33.4 Å². The van der Waals surface area contributed by atoms with Gasteiger partial charge in [-0.3, -0.25) is 0 Å². The number of hydrogen-bond acceptors (Lipinski definition) is 5. The predicted molar refractivity (Wildman–Crippen MR) is 470 cm³/mol. The Morgan fingerprint density at radius 2 is 0.400 bits per heavy atom. The molecular formula is C100H174N5. The molecule has 0 amide bonds. The molecule has 4 aromatic rings. The molecule has 0 spiro atoms. The minimum atomic E-state index is 0.621. The molecule has 0 aliphatic rings. The van der Waals surface area contributed by atoms with Crippen LogP contribution >= 0.6 is 0 Å². The van der Waals surface area contributed by atoms with Crippen LogP contribution in [0, 0.1) is 6.92 Å². The van der Waals surface area contributed by atoms with Gasteiger partial charge in [0.1, 0.15) is 0 Å². The van der Waals surface area contributed by atoms with Gasteiger partial charge in [0.15, 0.2) is 5.82 Å². The number of aryl methyl sites for hydroxylation is 4. The summed E-state index contributed by atoms with van der Waals surface area (Å²) in [7, 11) is 0. The Hall–Kier alpha value is -3.73. The molecule has 5 nitrogen and oxygen atoms in total. The standard InChI is InChI=1S/C100H174N5/c1-8-14-20-26-32-38-44-50-56-62-68-74-90-84-94(85-91(75-69-63-57-51-45-39-33-27-21-15-9-2)96(90)78-72-66-60-54-48-42-36-30-24-18-12-5)101-99-103-98(89-82-80-88(7)81-83-89)104-100(105-99)102-95-86-92(76-70-64-58-52-46-40-34-28-22-16-10-3)97(79-73-67-61-55-49-43-37-31-25-19-13-6)93(87-95)77-71-65-59-53-47-41-35-29-23-17-11-4/h80-87H,7-79H2,1-6H3,(H2,101,102,103,104,105). The molecule has 0 bridgehead atoms. The zero-order chi connectivity index (χ0) is 74.6. The minimum absolute atomic E-state index is 0.621. The van der Waals surface area contributed by atoms with Crippen LogP contribution in [0.5, 0.6) is 0 Å². The number of hydrogen-bond donors (Lipinski definition) is 2. The molecule has 0 saturated heterocycles. The average Bonchev–Trinajstić information content (AvgIpc) is 0.812. The summed E-state index contributed by atoms with van der Waals surface area (Å²) in [6.45, 7) is 18.3. The molecule has 0 unspecified atom stereocenters. The molecular weight excluding hydrogens is 1270 g/mol. The monoisotopic (exact) mass is 1450 g/mol. The number of unbranched alkanes of at least 4 members (excludes halogenated alkanes) is 60. The van der Waals surface area contributed by atoms with Crippen molar-refractivity contribution < 1.29 is 0 Å². The quantitative estimate of drug-likeness (QED) is 0.0431. The fourth-order valence-corrected chi connectivity index (χ4v) is 16.7. The van der Waals surface area contributed by atoms with E-state index in [0.29, 0.717) is 17.7 Å². The summed E-state index contributed by atoms with van der Waals surface area (Å²) >= 11 is 0. The van der Waals surface area contributed by atoms with Gasteiger partial charge >= 0.3 is 0 Å². The van der Waals surface area contributed by atoms with Gasteiger partial charge in [-0.25, -0.2) is 0 Å². The van der Waals surface area contributed by atoms with Crippen LogP contribution in [0.3, 0.4) is 0 Å². The van der Waals surface area contributed by atoms with Crippen molar-refractivity contribution in [2.24, 2.45) is 0 Å². The van der Waals surface area contributed by atoms with E-state index in [1.165, 1.54) is 437 Å². The predicted octanol–water partition coefficient (Wildman–Crippen LogP) is 34.3. The van der Waals surface area contributed by atoms with E-state index in [2.05, 4.69) is 108 Å². The summed E-state index contributed by atoms with van der Waals surface area (Å²) in [4.78, 5) is 16.1. The summed E-state index contributed by atoms with van der Waals surface area (Å²) in [6, 6.07) is 18.7. The molecule has 105 heavy (non-hydrogen) atoms. The summed E-state index contributed by atoms with van der Waals surface area (Å²) in [6.07, 6.45) is 97.9. The van der Waals surface area contributed by atoms with Gasteiger partial charge in [0.25, 0.3) is 0 Å². The van der Waals surface area contributed by atoms with E-state index in [4.69, 9.17) is 15.0 Å². The van der Waals surface area contributed by atoms with Gasteiger partial charge in [0, 0.05) is 16.9 Å². The maximum absolute atomic E-state index is 5.42. The number of nitrogens with zero attached hydrogens (tertiary/aromatic N) is 3. The van der Waals surface area contributed by atoms with Crippen LogP contribution in [0.1, 0.15) is 504 Å². The van der Waals surface area contributed by atoms with Gasteiger partial charge in [-0.05, 0) is 147 Å². The molecule has 2 N–H and O–H groups in total. The first-order chi connectivity index (χ1) is 51.9. The molecule has 0 aliphatic carbocycles. The van der Waals surface area contributed by atoms with Crippen molar-refractivity contribution in [3.63, 3.8) is 0 Å². The Bertz CT molecular complexity index is 2320. The topological polar surface area (TPSA) is 62.7 Å². The molecule has 1 aromatic heterocycles. The molecule has 0 fully saturated rings. The lowest BCUT2D eigenvalue weighted by atomic mass is 9.89. The third kappa shape index (κ3) is 49.2. The number of nitrogens with one attached hydrogen (secondary N) is 2. The fraction of sp³-hybridized carbons (Fsp3) is 0.780. The van der Waals surface area contributed by atoms with Crippen LogP contribution in [-0.4, -0.2) is 15.0 Å². The lowest BCUT2D eigenvalue weighted by molar-refractivity contribution is 0.545. The number of rotatable bonds is 77. The van der Waals surface area contributed by atoms with Crippen molar-refractivity contribution in [2.45, 2.75) is 504 Å². The lowest BCUT2D eigenvalue weighted by Crippen LogP contribution is -2.09. The average molecular weight is 1450 g/mol. The zero-order valence-electron chi connectivity index (χ0n) is 71.1. The highest BCUT2D eigenvalue weighted by Gasteiger charge is 2.18. The first kappa shape index (κ1) is 93.6. The molecule has 1 heterocycles. The summed E-state index contributed by atoms with van der Waals surface area (Å²) in [5, 5.41) is 7.91. The molecule has 3 aromatic carbocycles. The van der Waals surface area contributed by atoms with E-state index in [9.17, 15) is 0 Å². The Balaban J connectivity index is 1.72. The molecule has 4 rings (SSSR count). The van der Waals surface area contributed by atoms with Gasteiger partial charge in [-0.2, -0.15) is 15.0 Å². The van der Waals surface area contributed by atoms with Crippen LogP contribution in [0.2, 0.25) is 0 Å². The molecule has 0 saturated carbocycles. The van der Waals surface area contributed by atoms with Crippen molar-refractivity contribution in [2.75, 3.05) is 10.6 Å². The maximum atomic E-state index is 5.42. The van der Waals surface area contributed by atoms with Crippen molar-refractivity contribution in [1.29, 1.82) is 0 Å². The minimum Gasteiger partial charge on any atom is -0.324 e. The molecule has 599 valence electrons. The Morgan fingerprint density at radius 3 is 0.600 bits per heavy atom. The first-order valence-corrected chi connectivity index (χ1v) is 47.4. The highest BCUT2D eigenvalue weighted by Crippen LogP contribution is 2.33. The molecule has 1 radical (unpaired) electrons. The van der Waals surface area contributed by atoms with Crippen LogP contribution < -0.4 is 10.6 Å². The van der Waals surface area contributed by atoms with E-state index in [0.717, 1.165) is 48.2 Å². The van der Waals surface area contributed by atoms with Crippen molar-refractivity contribution in [1.82, 2.24) is 15.0 Å². The van der Waals surface area contributed by atoms with Gasteiger partial charge < -0.3 is 10.6 Å². The van der Waals surface area contributed by atoms with Gasteiger partial charge in [0.2, 0.25) is 11.9 Å². The second-order valence-corrected chi connectivity index (χ2v) is 33.5. The van der Waals surface area contributed by atoms with Crippen LogP contribution in [0.15, 0.2) is 48.5 Å². The highest BCUT2D eigenvalue weighted by molar-refractivity contribution is 5.66. The third-order valence-electron chi connectivity index (χ3n) is 23.5. The SMILES string of the molecule is [CH2]c1ccc(-c2nc(Nc3cc(CCCCCCCCCCCCC)c(CCCCCCCCCCCCC)c(CCCCCCCCCCCCC)c3)nc(Nc3cc(CCCCCCCCCCCCC)c(CCCCCCCCCCCCC)c(CCCCCCCCCCCCC)c3)n2)cc1. The van der Waals surface area contributed by atoms with E-state index >= 15 is 0 Å². The first-order valence-electron chi connectivity index (χ1n) is 47.4. The fourth-order valence-electron chi connectivity index (χ4n) is 16.7. The number of anilines is 4. The Labute approximate surface area is 654 Å². The Kier molecular flexibility index (Phi) is 60.9. The van der Waals surface area contributed by atoms with Crippen LogP contribution in [-0.2, 0) is 38.5 Å². The van der Waals surface area contributed by atoms with E-state index in [1.807, 2.05) is 0 Å². The maximum Gasteiger partial charge on any atom is 0.232 e. The van der Waals surface area contributed by atoms with E-state index < -0.39 is 0 Å². The number of benzene rings is 3. The second kappa shape index (κ2) is 68.3. The highest BCUT2D eigenvalue weighted by atomic mass is 15.2. The molecule has 5 heteroatoms. The van der Waals surface area contributed by atoms with Crippen LogP contribution in [0.4, 0.5) is 23.3 Å². The second-order valence-electron chi connectivity index (χ2n) is 33.5. The molecule has 0 aliphatic heterocycles. The summed E-state index contributed by atoms with van der Waals surface area (Å²) < 4.78 is 0. The number of aromatic nitrogens is 3. The Morgan fingerprint density at radius 1 is 0.219 bits per heavy atom. The largest absolute Gasteiger partial charge is 0.324 e. The summed E-state index contributed by atoms with van der Waals surface area (Å²) in [5.74, 6) is 1.94. The molecule has 0 atom stereocenters. The zero-order valence-corrected chi connectivity index (χ0v) is 71.1.